The van der Waals surface area contributed by atoms with Crippen molar-refractivity contribution in [3.05, 3.63) is 70.5 Å². The Morgan fingerprint density at radius 1 is 1.12 bits per heavy atom. The Morgan fingerprint density at radius 2 is 1.83 bits per heavy atom. The number of aliphatic imine (C=N–C) groups is 1. The summed E-state index contributed by atoms with van der Waals surface area (Å²) in [6.07, 6.45) is 0. The number of rotatable bonds is 4. The number of thiazole rings is 1. The molecule has 1 aromatic heterocycles. The van der Waals surface area contributed by atoms with Gasteiger partial charge in [0, 0.05) is 16.6 Å². The molecule has 0 fully saturated rings. The fourth-order valence-electron chi connectivity index (χ4n) is 2.10. The van der Waals surface area contributed by atoms with E-state index >= 15 is 0 Å². The van der Waals surface area contributed by atoms with Gasteiger partial charge in [-0.25, -0.2) is 9.98 Å². The summed E-state index contributed by atoms with van der Waals surface area (Å²) in [5.41, 5.74) is 10.2. The number of guanidine groups is 1. The lowest BCUT2D eigenvalue weighted by Gasteiger charge is -2.05. The summed E-state index contributed by atoms with van der Waals surface area (Å²) in [7, 11) is 0. The number of halogens is 1. The predicted octanol–water partition coefficient (Wildman–Crippen LogP) is 4.66. The first kappa shape index (κ1) is 18.4. The normalized spacial score (nSPS) is 11.0. The molecule has 4 nitrogen and oxygen atoms in total. The first-order valence-electron chi connectivity index (χ1n) is 7.34. The lowest BCUT2D eigenvalue weighted by molar-refractivity contribution is 1.03. The van der Waals surface area contributed by atoms with Crippen molar-refractivity contribution < 1.29 is 0 Å². The molecule has 3 N–H and O–H groups in total. The Morgan fingerprint density at radius 3 is 2.54 bits per heavy atom. The molecule has 2 aromatic carbocycles. The van der Waals surface area contributed by atoms with Gasteiger partial charge in [0.1, 0.15) is 5.01 Å². The fourth-order valence-corrected chi connectivity index (χ4v) is 2.83. The highest BCUT2D eigenvalue weighted by Gasteiger charge is 2.04. The van der Waals surface area contributed by atoms with Gasteiger partial charge in [0.25, 0.3) is 0 Å². The molecular formula is C18H19IN4S. The average Bonchev–Trinajstić information content (AvgIpc) is 3.05. The van der Waals surface area contributed by atoms with Crippen LogP contribution >= 0.6 is 35.3 Å². The number of aryl methyl sites for hydroxylation is 1. The number of hydrogen-bond donors (Lipinski definition) is 2. The van der Waals surface area contributed by atoms with E-state index in [9.17, 15) is 0 Å². The lowest BCUT2D eigenvalue weighted by atomic mass is 10.2. The summed E-state index contributed by atoms with van der Waals surface area (Å²) < 4.78 is 0. The molecular weight excluding hydrogens is 431 g/mol. The molecule has 0 spiro atoms. The largest absolute Gasteiger partial charge is 0.370 e. The standard InChI is InChI=1S/C18H18N4S.HI/c1-13-7-9-15(10-8-13)21-18(19)20-11-17-22-16(12-23-17)14-5-3-2-4-6-14;/h2-10,12H,11H2,1H3,(H3,19,20,21);1H. The van der Waals surface area contributed by atoms with Gasteiger partial charge in [0.15, 0.2) is 5.96 Å². The highest BCUT2D eigenvalue weighted by Crippen LogP contribution is 2.21. The monoisotopic (exact) mass is 450 g/mol. The molecule has 0 radical (unpaired) electrons. The van der Waals surface area contributed by atoms with E-state index < -0.39 is 0 Å². The van der Waals surface area contributed by atoms with Gasteiger partial charge >= 0.3 is 0 Å². The van der Waals surface area contributed by atoms with Gasteiger partial charge in [-0.05, 0) is 19.1 Å². The molecule has 3 aromatic rings. The van der Waals surface area contributed by atoms with E-state index in [1.165, 1.54) is 5.56 Å². The van der Waals surface area contributed by atoms with Crippen LogP contribution in [0.1, 0.15) is 10.6 Å². The molecule has 6 heteroatoms. The van der Waals surface area contributed by atoms with E-state index in [-0.39, 0.29) is 24.0 Å². The van der Waals surface area contributed by atoms with Gasteiger partial charge in [-0.1, -0.05) is 48.0 Å². The summed E-state index contributed by atoms with van der Waals surface area (Å²) in [6.45, 7) is 2.52. The number of aromatic nitrogens is 1. The molecule has 0 saturated carbocycles. The van der Waals surface area contributed by atoms with E-state index in [1.807, 2.05) is 54.8 Å². The second kappa shape index (κ2) is 8.79. The Balaban J connectivity index is 0.00000208. The van der Waals surface area contributed by atoms with Crippen molar-refractivity contribution in [2.45, 2.75) is 13.5 Å². The lowest BCUT2D eigenvalue weighted by Crippen LogP contribution is -2.22. The van der Waals surface area contributed by atoms with E-state index in [1.54, 1.807) is 11.3 Å². The highest BCUT2D eigenvalue weighted by molar-refractivity contribution is 14.0. The van der Waals surface area contributed by atoms with E-state index in [4.69, 9.17) is 5.73 Å². The molecule has 3 rings (SSSR count). The van der Waals surface area contributed by atoms with Gasteiger partial charge in [-0.15, -0.1) is 35.3 Å². The van der Waals surface area contributed by atoms with Crippen LogP contribution in [0.4, 0.5) is 5.69 Å². The number of nitrogens with two attached hydrogens (primary N) is 1. The minimum atomic E-state index is 0. The Labute approximate surface area is 162 Å². The van der Waals surface area contributed by atoms with Crippen molar-refractivity contribution in [1.29, 1.82) is 0 Å². The number of nitrogens with zero attached hydrogens (tertiary/aromatic N) is 2. The van der Waals surface area contributed by atoms with Crippen molar-refractivity contribution in [2.75, 3.05) is 5.32 Å². The summed E-state index contributed by atoms with van der Waals surface area (Å²) in [4.78, 5) is 8.95. The van der Waals surface area contributed by atoms with Crippen LogP contribution in [0.3, 0.4) is 0 Å². The quantitative estimate of drug-likeness (QED) is 0.345. The predicted molar refractivity (Wildman–Crippen MR) is 113 cm³/mol. The van der Waals surface area contributed by atoms with Crippen LogP contribution in [0, 0.1) is 6.92 Å². The van der Waals surface area contributed by atoms with Crippen LogP contribution in [0.5, 0.6) is 0 Å². The van der Waals surface area contributed by atoms with Crippen LogP contribution in [-0.2, 0) is 6.54 Å². The second-order valence-electron chi connectivity index (χ2n) is 5.19. The minimum Gasteiger partial charge on any atom is -0.370 e. The molecule has 0 atom stereocenters. The molecule has 0 aliphatic rings. The van der Waals surface area contributed by atoms with Crippen LogP contribution in [0.25, 0.3) is 11.3 Å². The molecule has 0 aliphatic heterocycles. The zero-order valence-electron chi connectivity index (χ0n) is 13.3. The third-order valence-corrected chi connectivity index (χ3v) is 4.16. The zero-order chi connectivity index (χ0) is 16.1. The molecule has 0 aliphatic carbocycles. The molecule has 0 unspecified atom stereocenters. The maximum atomic E-state index is 5.93. The van der Waals surface area contributed by atoms with Gasteiger partial charge < -0.3 is 11.1 Å². The average molecular weight is 450 g/mol. The fraction of sp³-hybridized carbons (Fsp3) is 0.111. The molecule has 0 saturated heterocycles. The molecule has 124 valence electrons. The Hall–Kier alpha value is -1.93. The Kier molecular flexibility index (Phi) is 6.74. The highest BCUT2D eigenvalue weighted by atomic mass is 127. The number of anilines is 1. The van der Waals surface area contributed by atoms with Crippen molar-refractivity contribution in [1.82, 2.24) is 4.98 Å². The van der Waals surface area contributed by atoms with Crippen molar-refractivity contribution in [3.63, 3.8) is 0 Å². The molecule has 0 amide bonds. The van der Waals surface area contributed by atoms with Gasteiger partial charge in [-0.3, -0.25) is 0 Å². The summed E-state index contributed by atoms with van der Waals surface area (Å²) >= 11 is 1.59. The molecule has 0 bridgehead atoms. The van der Waals surface area contributed by atoms with Crippen molar-refractivity contribution in [2.24, 2.45) is 10.7 Å². The summed E-state index contributed by atoms with van der Waals surface area (Å²) in [5.74, 6) is 0.394. The van der Waals surface area contributed by atoms with E-state index in [2.05, 4.69) is 27.4 Å². The Bertz CT molecular complexity index is 797. The second-order valence-corrected chi connectivity index (χ2v) is 6.13. The number of hydrogen-bond acceptors (Lipinski definition) is 3. The van der Waals surface area contributed by atoms with Gasteiger partial charge in [0.2, 0.25) is 0 Å². The van der Waals surface area contributed by atoms with Crippen LogP contribution in [-0.4, -0.2) is 10.9 Å². The third-order valence-electron chi connectivity index (χ3n) is 3.33. The smallest absolute Gasteiger partial charge is 0.193 e. The van der Waals surface area contributed by atoms with Crippen LogP contribution < -0.4 is 11.1 Å². The van der Waals surface area contributed by atoms with Crippen LogP contribution in [0.15, 0.2) is 65.0 Å². The zero-order valence-corrected chi connectivity index (χ0v) is 16.4. The van der Waals surface area contributed by atoms with Gasteiger partial charge in [-0.2, -0.15) is 0 Å². The SMILES string of the molecule is Cc1ccc(NC(N)=NCc2nc(-c3ccccc3)cs2)cc1.I. The maximum Gasteiger partial charge on any atom is 0.193 e. The van der Waals surface area contributed by atoms with Crippen LogP contribution in [0.2, 0.25) is 0 Å². The summed E-state index contributed by atoms with van der Waals surface area (Å²) in [6, 6.07) is 18.1. The van der Waals surface area contributed by atoms with Crippen molar-refractivity contribution in [3.8, 4) is 11.3 Å². The molecule has 24 heavy (non-hydrogen) atoms. The van der Waals surface area contributed by atoms with Gasteiger partial charge in [0.05, 0.1) is 12.2 Å². The maximum absolute atomic E-state index is 5.93. The third kappa shape index (κ3) is 5.04. The number of benzene rings is 2. The van der Waals surface area contributed by atoms with E-state index in [0.29, 0.717) is 12.5 Å². The topological polar surface area (TPSA) is 63.3 Å². The van der Waals surface area contributed by atoms with Crippen molar-refractivity contribution >= 4 is 47.0 Å². The number of nitrogens with one attached hydrogen (secondary N) is 1. The first-order chi connectivity index (χ1) is 11.2. The van der Waals surface area contributed by atoms with E-state index in [0.717, 1.165) is 22.0 Å². The minimum absolute atomic E-state index is 0. The molecule has 1 heterocycles. The first-order valence-corrected chi connectivity index (χ1v) is 8.22. The summed E-state index contributed by atoms with van der Waals surface area (Å²) in [5, 5.41) is 6.07.